The molecule has 38 heavy (non-hydrogen) atoms. The minimum atomic E-state index is 0.0315. The summed E-state index contributed by atoms with van der Waals surface area (Å²) in [6.07, 6.45) is 9.93. The molecular formula is C30H35N6O2+. The van der Waals surface area contributed by atoms with Gasteiger partial charge in [0, 0.05) is 25.6 Å². The van der Waals surface area contributed by atoms with E-state index in [1.54, 1.807) is 6.20 Å². The number of hydrogen-bond donors (Lipinski definition) is 2. The molecule has 0 radical (unpaired) electrons. The first-order chi connectivity index (χ1) is 18.6. The minimum Gasteiger partial charge on any atom is -0.489 e. The molecule has 3 aliphatic heterocycles. The summed E-state index contributed by atoms with van der Waals surface area (Å²) in [5.41, 5.74) is 4.08. The van der Waals surface area contributed by atoms with Crippen LogP contribution in [0.2, 0.25) is 0 Å². The van der Waals surface area contributed by atoms with Crippen LogP contribution in [-0.2, 0) is 11.4 Å². The Morgan fingerprint density at radius 2 is 1.92 bits per heavy atom. The highest BCUT2D eigenvalue weighted by Crippen LogP contribution is 2.41. The van der Waals surface area contributed by atoms with Crippen molar-refractivity contribution in [2.24, 2.45) is 27.7 Å². The van der Waals surface area contributed by atoms with Gasteiger partial charge in [-0.05, 0) is 55.4 Å². The number of piperazine rings is 1. The molecule has 2 aromatic rings. The quantitative estimate of drug-likeness (QED) is 0.438. The fraction of sp³-hybridized carbons (Fsp3) is 0.367. The molecule has 6 rings (SSSR count). The van der Waals surface area contributed by atoms with E-state index in [0.29, 0.717) is 25.0 Å². The van der Waals surface area contributed by atoms with Gasteiger partial charge in [0.25, 0.3) is 5.84 Å². The molecule has 2 fully saturated rings. The number of rotatable bonds is 7. The predicted octanol–water partition coefficient (Wildman–Crippen LogP) is 3.72. The highest BCUT2D eigenvalue weighted by Gasteiger charge is 2.46. The largest absolute Gasteiger partial charge is 0.489 e. The van der Waals surface area contributed by atoms with Crippen molar-refractivity contribution in [1.82, 2.24) is 10.2 Å². The van der Waals surface area contributed by atoms with Crippen molar-refractivity contribution in [3.63, 3.8) is 0 Å². The molecule has 4 aliphatic rings. The number of carbonyl (C=O) groups excluding carboxylic acids is 1. The maximum Gasteiger partial charge on any atom is 0.265 e. The Morgan fingerprint density at radius 1 is 1.08 bits per heavy atom. The number of nitrogens with zero attached hydrogens (tertiary/aromatic N) is 4. The number of benzene rings is 2. The Labute approximate surface area is 223 Å². The number of nitrogens with two attached hydrogens (primary N) is 1. The number of ether oxygens (including phenoxy) is 1. The molecule has 8 heteroatoms. The molecular weight excluding hydrogens is 476 g/mol. The molecule has 2 aromatic carbocycles. The van der Waals surface area contributed by atoms with E-state index in [4.69, 9.17) is 15.6 Å². The number of aliphatic imine (C=N–C) groups is 2. The summed E-state index contributed by atoms with van der Waals surface area (Å²) in [5.74, 6) is 9.69. The van der Waals surface area contributed by atoms with Gasteiger partial charge in [-0.2, -0.15) is 10.8 Å². The lowest BCUT2D eigenvalue weighted by molar-refractivity contribution is -0.750. The van der Waals surface area contributed by atoms with Gasteiger partial charge in [0.2, 0.25) is 11.6 Å². The van der Waals surface area contributed by atoms with Crippen LogP contribution in [-0.4, -0.2) is 53.6 Å². The van der Waals surface area contributed by atoms with Crippen molar-refractivity contribution < 1.29 is 14.1 Å². The zero-order valence-corrected chi connectivity index (χ0v) is 21.6. The lowest BCUT2D eigenvalue weighted by atomic mass is 9.80. The van der Waals surface area contributed by atoms with Crippen LogP contribution in [0.5, 0.6) is 5.75 Å². The molecule has 3 heterocycles. The van der Waals surface area contributed by atoms with E-state index in [1.807, 2.05) is 54.9 Å². The summed E-state index contributed by atoms with van der Waals surface area (Å²) in [7, 11) is 0. The molecule has 0 bridgehead atoms. The third-order valence-corrected chi connectivity index (χ3v) is 8.03. The Kier molecular flexibility index (Phi) is 6.93. The first-order valence-corrected chi connectivity index (χ1v) is 13.6. The van der Waals surface area contributed by atoms with Gasteiger partial charge in [0.15, 0.2) is 0 Å². The van der Waals surface area contributed by atoms with E-state index < -0.39 is 0 Å². The van der Waals surface area contributed by atoms with Gasteiger partial charge < -0.3 is 10.1 Å². The second-order valence-electron chi connectivity index (χ2n) is 10.7. The molecule has 0 aromatic heterocycles. The monoisotopic (exact) mass is 511 g/mol. The normalized spacial score (nSPS) is 27.2. The number of nitrogens with one attached hydrogen (secondary N) is 1. The number of carbonyl (C=O) groups is 1. The number of amidine groups is 1. The van der Waals surface area contributed by atoms with Crippen molar-refractivity contribution in [3.05, 3.63) is 89.5 Å². The fourth-order valence-electron chi connectivity index (χ4n) is 6.00. The molecule has 1 unspecified atom stereocenters. The molecule has 1 atom stereocenters. The van der Waals surface area contributed by atoms with Crippen LogP contribution in [0.4, 0.5) is 0 Å². The second kappa shape index (κ2) is 10.6. The van der Waals surface area contributed by atoms with Crippen molar-refractivity contribution in [1.29, 1.82) is 0 Å². The second-order valence-corrected chi connectivity index (χ2v) is 10.7. The Bertz CT molecular complexity index is 1310. The van der Waals surface area contributed by atoms with Gasteiger partial charge >= 0.3 is 0 Å². The van der Waals surface area contributed by atoms with Gasteiger partial charge in [-0.1, -0.05) is 36.4 Å². The van der Waals surface area contributed by atoms with E-state index in [9.17, 15) is 4.79 Å². The molecule has 1 aliphatic carbocycles. The molecule has 0 spiro atoms. The van der Waals surface area contributed by atoms with E-state index in [-0.39, 0.29) is 10.5 Å². The van der Waals surface area contributed by atoms with Crippen LogP contribution in [0, 0.1) is 11.8 Å². The van der Waals surface area contributed by atoms with E-state index >= 15 is 0 Å². The first kappa shape index (κ1) is 24.7. The molecule has 3 N–H and O–H groups in total. The lowest BCUT2D eigenvalue weighted by Gasteiger charge is -2.34. The van der Waals surface area contributed by atoms with Gasteiger partial charge in [0.1, 0.15) is 24.3 Å². The van der Waals surface area contributed by atoms with Crippen LogP contribution in [0.3, 0.4) is 0 Å². The lowest BCUT2D eigenvalue weighted by Crippen LogP contribution is -2.53. The molecule has 1 amide bonds. The Morgan fingerprint density at radius 3 is 2.74 bits per heavy atom. The summed E-state index contributed by atoms with van der Waals surface area (Å²) < 4.78 is 6.13. The van der Waals surface area contributed by atoms with E-state index in [1.165, 1.54) is 0 Å². The fourth-order valence-corrected chi connectivity index (χ4v) is 6.00. The van der Waals surface area contributed by atoms with Crippen LogP contribution < -0.4 is 15.9 Å². The zero-order chi connectivity index (χ0) is 26.0. The van der Waals surface area contributed by atoms with E-state index in [2.05, 4.69) is 27.3 Å². The van der Waals surface area contributed by atoms with Gasteiger partial charge in [0.05, 0.1) is 24.5 Å². The number of amides is 1. The van der Waals surface area contributed by atoms with Crippen molar-refractivity contribution in [2.75, 3.05) is 26.2 Å². The standard InChI is InChI=1S/C30H34N6O2/c31-36-16-14-32-18-27(36)29(24-11-9-22(10-12-24)19-35-15-13-33-28(37)20-35)34-30(36)25-7-4-8-26(17-25)38-21-23-5-2-1-3-6-23/h1-8,14,16-18,22,24H,9-13,15,19-21,31H2/p+1. The van der Waals surface area contributed by atoms with Gasteiger partial charge in [-0.15, -0.1) is 4.59 Å². The number of fused-ring (bicyclic) bond motifs is 1. The van der Waals surface area contributed by atoms with Gasteiger partial charge in [-0.3, -0.25) is 14.7 Å². The summed E-state index contributed by atoms with van der Waals surface area (Å²) in [5, 5.41) is 2.92. The average molecular weight is 512 g/mol. The van der Waals surface area contributed by atoms with Crippen molar-refractivity contribution in [2.45, 2.75) is 32.3 Å². The Hall–Kier alpha value is -3.59. The zero-order valence-electron chi connectivity index (χ0n) is 21.6. The third kappa shape index (κ3) is 5.07. The Balaban J connectivity index is 1.18. The third-order valence-electron chi connectivity index (χ3n) is 8.03. The van der Waals surface area contributed by atoms with Crippen LogP contribution in [0.25, 0.3) is 0 Å². The highest BCUT2D eigenvalue weighted by molar-refractivity contribution is 6.00. The maximum atomic E-state index is 11.8. The summed E-state index contributed by atoms with van der Waals surface area (Å²) in [6, 6.07) is 18.2. The summed E-state index contributed by atoms with van der Waals surface area (Å²) in [4.78, 5) is 23.7. The van der Waals surface area contributed by atoms with E-state index in [0.717, 1.165) is 79.4 Å². The van der Waals surface area contributed by atoms with Gasteiger partial charge in [-0.25, -0.2) is 0 Å². The molecule has 1 saturated carbocycles. The predicted molar refractivity (Wildman–Crippen MR) is 148 cm³/mol. The smallest absolute Gasteiger partial charge is 0.265 e. The maximum absolute atomic E-state index is 11.8. The topological polar surface area (TPSA) is 92.3 Å². The minimum absolute atomic E-state index is 0.0315. The van der Waals surface area contributed by atoms with Crippen molar-refractivity contribution in [3.8, 4) is 5.75 Å². The number of hydrogen-bond acceptors (Lipinski definition) is 6. The molecule has 8 nitrogen and oxygen atoms in total. The SMILES string of the molecule is N[N+]12C=CN=CC1=C(C1CCC(CN3CCNC(=O)C3)CC1)N=C2c1cccc(OCc2ccccc2)c1. The summed E-state index contributed by atoms with van der Waals surface area (Å²) >= 11 is 0. The van der Waals surface area contributed by atoms with Crippen LogP contribution in [0.15, 0.2) is 88.4 Å². The molecule has 196 valence electrons. The first-order valence-electron chi connectivity index (χ1n) is 13.6. The molecule has 1 saturated heterocycles. The average Bonchev–Trinajstić information content (AvgIpc) is 3.26. The van der Waals surface area contributed by atoms with Crippen LogP contribution in [0.1, 0.15) is 36.8 Å². The summed E-state index contributed by atoms with van der Waals surface area (Å²) in [6.45, 7) is 3.72. The van der Waals surface area contributed by atoms with Crippen LogP contribution >= 0.6 is 0 Å². The van der Waals surface area contributed by atoms with Crippen molar-refractivity contribution >= 4 is 18.0 Å². The highest BCUT2D eigenvalue weighted by atomic mass is 16.5. The number of quaternary nitrogens is 1. The number of allylic oxidation sites excluding steroid dienone is 2.